The zero-order chi connectivity index (χ0) is 20.4. The van der Waals surface area contributed by atoms with Gasteiger partial charge in [0, 0.05) is 27.7 Å². The number of aromatic amines is 1. The highest BCUT2D eigenvalue weighted by Crippen LogP contribution is 2.51. The number of amides is 1. The van der Waals surface area contributed by atoms with Crippen LogP contribution in [-0.2, 0) is 15.6 Å². The summed E-state index contributed by atoms with van der Waals surface area (Å²) in [7, 11) is 0. The number of benzene rings is 2. The van der Waals surface area contributed by atoms with E-state index in [4.69, 9.17) is 9.47 Å². The molecular weight excluding hydrogens is 364 g/mol. The van der Waals surface area contributed by atoms with E-state index in [0.717, 1.165) is 46.5 Å². The van der Waals surface area contributed by atoms with Gasteiger partial charge in [-0.05, 0) is 61.2 Å². The Hall–Kier alpha value is -2.95. The molecule has 0 atom stereocenters. The lowest BCUT2D eigenvalue weighted by Crippen LogP contribution is -2.27. The van der Waals surface area contributed by atoms with E-state index < -0.39 is 5.41 Å². The third-order valence-electron chi connectivity index (χ3n) is 6.18. The summed E-state index contributed by atoms with van der Waals surface area (Å²) in [6.07, 6.45) is 1.69. The van der Waals surface area contributed by atoms with Crippen LogP contribution in [0.4, 0.5) is 5.69 Å². The summed E-state index contributed by atoms with van der Waals surface area (Å²) in [5.41, 5.74) is 4.96. The molecular formula is C24H26N2O3. The van der Waals surface area contributed by atoms with Crippen molar-refractivity contribution >= 4 is 22.5 Å². The molecule has 0 radical (unpaired) electrons. The summed E-state index contributed by atoms with van der Waals surface area (Å²) >= 11 is 0. The molecule has 1 amide bonds. The van der Waals surface area contributed by atoms with Crippen LogP contribution in [0.15, 0.2) is 36.4 Å². The Morgan fingerprint density at radius 2 is 1.83 bits per heavy atom. The van der Waals surface area contributed by atoms with Gasteiger partial charge in [-0.25, -0.2) is 0 Å². The average Bonchev–Trinajstić information content (AvgIpc) is 3.24. The van der Waals surface area contributed by atoms with Crippen LogP contribution >= 0.6 is 0 Å². The zero-order valence-corrected chi connectivity index (χ0v) is 17.3. The summed E-state index contributed by atoms with van der Waals surface area (Å²) in [5, 5.41) is 4.31. The number of carbonyl (C=O) groups excluding carboxylic acids is 1. The molecule has 150 valence electrons. The molecule has 1 saturated carbocycles. The van der Waals surface area contributed by atoms with E-state index in [2.05, 4.69) is 44.1 Å². The Morgan fingerprint density at radius 3 is 2.55 bits per heavy atom. The Bertz CT molecular complexity index is 1130. The molecule has 5 heteroatoms. The van der Waals surface area contributed by atoms with Crippen molar-refractivity contribution < 1.29 is 14.3 Å². The Morgan fingerprint density at radius 1 is 1.07 bits per heavy atom. The second-order valence-electron chi connectivity index (χ2n) is 9.24. The first-order valence-electron chi connectivity index (χ1n) is 10.1. The minimum atomic E-state index is -0.473. The highest BCUT2D eigenvalue weighted by Gasteiger charge is 2.51. The number of hydrogen-bond donors (Lipinski definition) is 2. The average molecular weight is 390 g/mol. The molecule has 1 aromatic heterocycles. The highest BCUT2D eigenvalue weighted by molar-refractivity contribution is 6.03. The van der Waals surface area contributed by atoms with Gasteiger partial charge in [0.05, 0.1) is 5.41 Å². The maximum absolute atomic E-state index is 13.2. The van der Waals surface area contributed by atoms with E-state index in [-0.39, 0.29) is 18.1 Å². The van der Waals surface area contributed by atoms with Crippen molar-refractivity contribution in [3.63, 3.8) is 0 Å². The van der Waals surface area contributed by atoms with Crippen molar-refractivity contribution in [2.75, 3.05) is 12.1 Å². The zero-order valence-electron chi connectivity index (χ0n) is 17.3. The Kier molecular flexibility index (Phi) is 3.76. The molecule has 5 rings (SSSR count). The molecule has 5 nitrogen and oxygen atoms in total. The van der Waals surface area contributed by atoms with Gasteiger partial charge in [0.15, 0.2) is 11.5 Å². The lowest BCUT2D eigenvalue weighted by Gasteiger charge is -2.18. The molecule has 1 fully saturated rings. The van der Waals surface area contributed by atoms with Crippen LogP contribution in [0.25, 0.3) is 10.9 Å². The first-order valence-corrected chi connectivity index (χ1v) is 10.1. The number of fused-ring (bicyclic) bond motifs is 2. The van der Waals surface area contributed by atoms with Gasteiger partial charge in [0.25, 0.3) is 0 Å². The Labute approximate surface area is 170 Å². The van der Waals surface area contributed by atoms with Gasteiger partial charge in [-0.15, -0.1) is 0 Å². The van der Waals surface area contributed by atoms with Crippen LogP contribution < -0.4 is 14.8 Å². The number of carbonyl (C=O) groups is 1. The van der Waals surface area contributed by atoms with E-state index in [1.807, 2.05) is 30.3 Å². The minimum absolute atomic E-state index is 0.0416. The van der Waals surface area contributed by atoms with Crippen molar-refractivity contribution in [3.8, 4) is 11.5 Å². The fourth-order valence-electron chi connectivity index (χ4n) is 4.37. The summed E-state index contributed by atoms with van der Waals surface area (Å²) in [4.78, 5) is 16.7. The van der Waals surface area contributed by atoms with Gasteiger partial charge < -0.3 is 19.8 Å². The summed E-state index contributed by atoms with van der Waals surface area (Å²) in [6, 6.07) is 11.9. The fraction of sp³-hybridized carbons (Fsp3) is 0.375. The standard InChI is InChI=1S/C24H26N2O3/c1-14-17-12-16(6-7-18(17)26-21(14)23(2,3)4)25-22(27)24(9-10-24)15-5-8-19-20(11-15)29-13-28-19/h5-8,11-12,26H,9-10,13H2,1-4H3,(H,25,27). The van der Waals surface area contributed by atoms with Crippen LogP contribution in [0.3, 0.4) is 0 Å². The molecule has 29 heavy (non-hydrogen) atoms. The summed E-state index contributed by atoms with van der Waals surface area (Å²) < 4.78 is 10.9. The molecule has 0 saturated heterocycles. The van der Waals surface area contributed by atoms with Gasteiger partial charge >= 0.3 is 0 Å². The van der Waals surface area contributed by atoms with Gasteiger partial charge in [-0.3, -0.25) is 4.79 Å². The number of hydrogen-bond acceptors (Lipinski definition) is 3. The van der Waals surface area contributed by atoms with E-state index in [9.17, 15) is 4.79 Å². The summed E-state index contributed by atoms with van der Waals surface area (Å²) in [5.74, 6) is 1.51. The third-order valence-corrected chi connectivity index (χ3v) is 6.18. The SMILES string of the molecule is Cc1c(C(C)(C)C)[nH]c2ccc(NC(=O)C3(c4ccc5c(c4)OCO5)CC3)cc12. The monoisotopic (exact) mass is 390 g/mol. The second-order valence-corrected chi connectivity index (χ2v) is 9.24. The number of ether oxygens (including phenoxy) is 2. The van der Waals surface area contributed by atoms with Gasteiger partial charge in [0.1, 0.15) is 0 Å². The molecule has 1 aliphatic heterocycles. The van der Waals surface area contributed by atoms with Crippen molar-refractivity contribution in [2.24, 2.45) is 0 Å². The van der Waals surface area contributed by atoms with Crippen LogP contribution in [0.5, 0.6) is 11.5 Å². The molecule has 2 N–H and O–H groups in total. The molecule has 1 aliphatic carbocycles. The molecule has 2 aliphatic rings. The largest absolute Gasteiger partial charge is 0.454 e. The predicted molar refractivity (Wildman–Crippen MR) is 114 cm³/mol. The van der Waals surface area contributed by atoms with Crippen LogP contribution in [-0.4, -0.2) is 17.7 Å². The van der Waals surface area contributed by atoms with E-state index >= 15 is 0 Å². The number of nitrogens with one attached hydrogen (secondary N) is 2. The van der Waals surface area contributed by atoms with Crippen LogP contribution in [0.1, 0.15) is 50.4 Å². The normalized spacial score (nSPS) is 16.8. The number of H-pyrrole nitrogens is 1. The van der Waals surface area contributed by atoms with Gasteiger partial charge in [0.2, 0.25) is 12.7 Å². The number of anilines is 1. The van der Waals surface area contributed by atoms with Crippen molar-refractivity contribution in [1.82, 2.24) is 4.98 Å². The second kappa shape index (κ2) is 6.02. The molecule has 0 bridgehead atoms. The van der Waals surface area contributed by atoms with Gasteiger partial charge in [-0.1, -0.05) is 26.8 Å². The van der Waals surface area contributed by atoms with Crippen molar-refractivity contribution in [2.45, 2.75) is 51.4 Å². The number of aryl methyl sites for hydroxylation is 1. The first-order chi connectivity index (χ1) is 13.8. The molecule has 3 aromatic rings. The van der Waals surface area contributed by atoms with Crippen molar-refractivity contribution in [1.29, 1.82) is 0 Å². The third kappa shape index (κ3) is 2.87. The Balaban J connectivity index is 1.43. The lowest BCUT2D eigenvalue weighted by molar-refractivity contribution is -0.118. The van der Waals surface area contributed by atoms with Crippen LogP contribution in [0, 0.1) is 6.92 Å². The molecule has 2 aromatic carbocycles. The molecule has 2 heterocycles. The predicted octanol–water partition coefficient (Wildman–Crippen LogP) is 5.17. The number of rotatable bonds is 3. The van der Waals surface area contributed by atoms with Gasteiger partial charge in [-0.2, -0.15) is 0 Å². The quantitative estimate of drug-likeness (QED) is 0.648. The summed E-state index contributed by atoms with van der Waals surface area (Å²) in [6.45, 7) is 8.99. The van der Waals surface area contributed by atoms with Crippen LogP contribution in [0.2, 0.25) is 0 Å². The maximum Gasteiger partial charge on any atom is 0.235 e. The maximum atomic E-state index is 13.2. The first kappa shape index (κ1) is 18.1. The minimum Gasteiger partial charge on any atom is -0.454 e. The number of aromatic nitrogens is 1. The van der Waals surface area contributed by atoms with E-state index in [0.29, 0.717) is 0 Å². The highest BCUT2D eigenvalue weighted by atomic mass is 16.7. The lowest BCUT2D eigenvalue weighted by atomic mass is 9.89. The molecule has 0 unspecified atom stereocenters. The van der Waals surface area contributed by atoms with E-state index in [1.165, 1.54) is 11.3 Å². The topological polar surface area (TPSA) is 63.4 Å². The smallest absolute Gasteiger partial charge is 0.235 e. The fourth-order valence-corrected chi connectivity index (χ4v) is 4.37. The van der Waals surface area contributed by atoms with E-state index in [1.54, 1.807) is 0 Å². The molecule has 0 spiro atoms. The van der Waals surface area contributed by atoms with Crippen molar-refractivity contribution in [3.05, 3.63) is 53.2 Å².